The summed E-state index contributed by atoms with van der Waals surface area (Å²) >= 11 is 5.09. The number of carbonyl (C=O) groups excluding carboxylic acids is 1. The first-order chi connectivity index (χ1) is 9.56. The van der Waals surface area contributed by atoms with Gasteiger partial charge in [0.05, 0.1) is 0 Å². The minimum atomic E-state index is -0.526. The van der Waals surface area contributed by atoms with Gasteiger partial charge >= 0.3 is 0 Å². The number of nitrogens with two attached hydrogens (primary N) is 1. The van der Waals surface area contributed by atoms with Crippen LogP contribution in [-0.4, -0.2) is 13.0 Å². The van der Waals surface area contributed by atoms with Crippen molar-refractivity contribution in [3.8, 4) is 0 Å². The van der Waals surface area contributed by atoms with E-state index in [4.69, 9.17) is 5.73 Å². The quantitative estimate of drug-likeness (QED) is 0.902. The van der Waals surface area contributed by atoms with Gasteiger partial charge in [-0.25, -0.2) is 0 Å². The second-order valence-corrected chi connectivity index (χ2v) is 6.71. The summed E-state index contributed by atoms with van der Waals surface area (Å²) in [6.45, 7) is 0. The van der Waals surface area contributed by atoms with Gasteiger partial charge in [-0.05, 0) is 36.4 Å². The van der Waals surface area contributed by atoms with Crippen molar-refractivity contribution in [2.75, 3.05) is 11.9 Å². The Bertz CT molecular complexity index is 672. The molecule has 1 atom stereocenters. The lowest BCUT2D eigenvalue weighted by Crippen LogP contribution is -2.27. The number of amides is 1. The molecule has 2 aromatic rings. The molecule has 1 aliphatic heterocycles. The minimum Gasteiger partial charge on any atom is -0.316 e. The SMILES string of the molecule is CN1C(=O)C(N)c2ccc(Sc3ccc(Br)cc3)cc21. The number of likely N-dealkylation sites (N-methyl/N-ethyl adjacent to an activating group) is 1. The van der Waals surface area contributed by atoms with Crippen LogP contribution < -0.4 is 10.6 Å². The zero-order valence-corrected chi connectivity index (χ0v) is 13.2. The van der Waals surface area contributed by atoms with E-state index in [0.29, 0.717) is 0 Å². The Morgan fingerprint density at radius 3 is 2.50 bits per heavy atom. The van der Waals surface area contributed by atoms with E-state index in [1.165, 1.54) is 0 Å². The van der Waals surface area contributed by atoms with Crippen molar-refractivity contribution < 1.29 is 4.79 Å². The Morgan fingerprint density at radius 1 is 1.15 bits per heavy atom. The lowest BCUT2D eigenvalue weighted by molar-refractivity contribution is -0.118. The summed E-state index contributed by atoms with van der Waals surface area (Å²) in [5.41, 5.74) is 7.70. The highest BCUT2D eigenvalue weighted by Crippen LogP contribution is 2.38. The summed E-state index contributed by atoms with van der Waals surface area (Å²) in [4.78, 5) is 15.7. The van der Waals surface area contributed by atoms with Gasteiger partial charge in [0.2, 0.25) is 5.91 Å². The van der Waals surface area contributed by atoms with Crippen LogP contribution in [0.4, 0.5) is 5.69 Å². The topological polar surface area (TPSA) is 46.3 Å². The van der Waals surface area contributed by atoms with Crippen molar-refractivity contribution in [1.82, 2.24) is 0 Å². The van der Waals surface area contributed by atoms with Gasteiger partial charge < -0.3 is 10.6 Å². The maximum Gasteiger partial charge on any atom is 0.248 e. The molecule has 0 saturated carbocycles. The maximum absolute atomic E-state index is 11.9. The molecule has 0 fully saturated rings. The van der Waals surface area contributed by atoms with Crippen LogP contribution in [0.25, 0.3) is 0 Å². The summed E-state index contributed by atoms with van der Waals surface area (Å²) in [6, 6.07) is 13.6. The first-order valence-electron chi connectivity index (χ1n) is 6.17. The van der Waals surface area contributed by atoms with Crippen LogP contribution >= 0.6 is 27.7 Å². The Morgan fingerprint density at radius 2 is 1.80 bits per heavy atom. The maximum atomic E-state index is 11.9. The monoisotopic (exact) mass is 348 g/mol. The Labute approximate surface area is 130 Å². The van der Waals surface area contributed by atoms with Crippen LogP contribution in [0.1, 0.15) is 11.6 Å². The molecule has 1 amide bonds. The normalized spacial score (nSPS) is 17.4. The summed E-state index contributed by atoms with van der Waals surface area (Å²) in [7, 11) is 1.77. The summed E-state index contributed by atoms with van der Waals surface area (Å²) in [5, 5.41) is 0. The molecular weight excluding hydrogens is 336 g/mol. The summed E-state index contributed by atoms with van der Waals surface area (Å²) in [6.07, 6.45) is 0. The first kappa shape index (κ1) is 13.7. The van der Waals surface area contributed by atoms with Crippen LogP contribution in [0.15, 0.2) is 56.7 Å². The molecule has 20 heavy (non-hydrogen) atoms. The smallest absolute Gasteiger partial charge is 0.248 e. The van der Waals surface area contributed by atoms with Gasteiger partial charge in [-0.1, -0.05) is 33.8 Å². The number of anilines is 1. The zero-order valence-electron chi connectivity index (χ0n) is 10.8. The summed E-state index contributed by atoms with van der Waals surface area (Å²) in [5.74, 6) is -0.0502. The van der Waals surface area contributed by atoms with Crippen molar-refractivity contribution in [3.63, 3.8) is 0 Å². The van der Waals surface area contributed by atoms with Crippen LogP contribution in [0.2, 0.25) is 0 Å². The van der Waals surface area contributed by atoms with E-state index < -0.39 is 6.04 Å². The largest absolute Gasteiger partial charge is 0.316 e. The number of carbonyl (C=O) groups is 1. The molecule has 0 radical (unpaired) electrons. The third kappa shape index (κ3) is 2.37. The van der Waals surface area contributed by atoms with E-state index in [1.54, 1.807) is 23.7 Å². The van der Waals surface area contributed by atoms with E-state index in [2.05, 4.69) is 28.1 Å². The Balaban J connectivity index is 1.90. The molecule has 1 aliphatic rings. The molecule has 1 unspecified atom stereocenters. The van der Waals surface area contributed by atoms with E-state index in [1.807, 2.05) is 30.3 Å². The molecule has 0 spiro atoms. The molecule has 3 nitrogen and oxygen atoms in total. The molecule has 0 aromatic heterocycles. The third-order valence-electron chi connectivity index (χ3n) is 3.34. The van der Waals surface area contributed by atoms with Gasteiger partial charge in [-0.3, -0.25) is 4.79 Å². The fourth-order valence-electron chi connectivity index (χ4n) is 2.24. The number of rotatable bonds is 2. The highest BCUT2D eigenvalue weighted by atomic mass is 79.9. The molecule has 0 aliphatic carbocycles. The number of halogens is 1. The number of nitrogens with zero attached hydrogens (tertiary/aromatic N) is 1. The van der Waals surface area contributed by atoms with Gasteiger partial charge in [0.1, 0.15) is 6.04 Å². The van der Waals surface area contributed by atoms with Crippen molar-refractivity contribution >= 4 is 39.3 Å². The van der Waals surface area contributed by atoms with E-state index >= 15 is 0 Å². The molecule has 1 heterocycles. The highest BCUT2D eigenvalue weighted by molar-refractivity contribution is 9.10. The van der Waals surface area contributed by atoms with Gasteiger partial charge in [0.25, 0.3) is 0 Å². The number of hydrogen-bond donors (Lipinski definition) is 1. The van der Waals surface area contributed by atoms with Crippen molar-refractivity contribution in [2.45, 2.75) is 15.8 Å². The second kappa shape index (κ2) is 5.24. The van der Waals surface area contributed by atoms with Crippen LogP contribution in [-0.2, 0) is 4.79 Å². The molecule has 0 bridgehead atoms. The van der Waals surface area contributed by atoms with Crippen molar-refractivity contribution in [2.24, 2.45) is 5.73 Å². The lowest BCUT2D eigenvalue weighted by atomic mass is 10.1. The second-order valence-electron chi connectivity index (χ2n) is 4.65. The number of fused-ring (bicyclic) bond motifs is 1. The predicted molar refractivity (Wildman–Crippen MR) is 85.0 cm³/mol. The average molecular weight is 349 g/mol. The number of benzene rings is 2. The molecule has 3 rings (SSSR count). The molecule has 0 saturated heterocycles. The van der Waals surface area contributed by atoms with E-state index in [0.717, 1.165) is 25.5 Å². The van der Waals surface area contributed by atoms with E-state index in [-0.39, 0.29) is 5.91 Å². The Hall–Kier alpha value is -1.30. The van der Waals surface area contributed by atoms with E-state index in [9.17, 15) is 4.79 Å². The standard InChI is InChI=1S/C15H13BrN2OS/c1-18-13-8-11(6-7-12(13)14(17)15(18)19)20-10-4-2-9(16)3-5-10/h2-8,14H,17H2,1H3. The molecule has 102 valence electrons. The molecule has 2 N–H and O–H groups in total. The molecule has 5 heteroatoms. The lowest BCUT2D eigenvalue weighted by Gasteiger charge is -2.11. The van der Waals surface area contributed by atoms with Crippen molar-refractivity contribution in [3.05, 3.63) is 52.5 Å². The Kier molecular flexibility index (Phi) is 3.58. The van der Waals surface area contributed by atoms with Gasteiger partial charge in [-0.2, -0.15) is 0 Å². The minimum absolute atomic E-state index is 0.0502. The van der Waals surface area contributed by atoms with Crippen LogP contribution in [0, 0.1) is 0 Å². The summed E-state index contributed by atoms with van der Waals surface area (Å²) < 4.78 is 1.06. The fraction of sp³-hybridized carbons (Fsp3) is 0.133. The van der Waals surface area contributed by atoms with Gasteiger partial charge in [-0.15, -0.1) is 0 Å². The molecular formula is C15H13BrN2OS. The highest BCUT2D eigenvalue weighted by Gasteiger charge is 2.32. The predicted octanol–water partition coefficient (Wildman–Crippen LogP) is 3.58. The van der Waals surface area contributed by atoms with Crippen LogP contribution in [0.3, 0.4) is 0 Å². The van der Waals surface area contributed by atoms with Crippen LogP contribution in [0.5, 0.6) is 0 Å². The zero-order chi connectivity index (χ0) is 14.3. The first-order valence-corrected chi connectivity index (χ1v) is 7.78. The fourth-order valence-corrected chi connectivity index (χ4v) is 3.35. The number of hydrogen-bond acceptors (Lipinski definition) is 3. The van der Waals surface area contributed by atoms with Gasteiger partial charge in [0, 0.05) is 32.6 Å². The van der Waals surface area contributed by atoms with Crippen molar-refractivity contribution in [1.29, 1.82) is 0 Å². The average Bonchev–Trinajstić information content (AvgIpc) is 2.66. The van der Waals surface area contributed by atoms with Gasteiger partial charge in [0.15, 0.2) is 0 Å². The molecule has 2 aromatic carbocycles. The third-order valence-corrected chi connectivity index (χ3v) is 4.87.